The van der Waals surface area contributed by atoms with Crippen molar-refractivity contribution in [3.63, 3.8) is 0 Å². The summed E-state index contributed by atoms with van der Waals surface area (Å²) >= 11 is 1.47. The van der Waals surface area contributed by atoms with Crippen LogP contribution in [0.2, 0.25) is 0 Å². The van der Waals surface area contributed by atoms with Crippen molar-refractivity contribution in [1.29, 1.82) is 0 Å². The molecule has 0 atom stereocenters. The van der Waals surface area contributed by atoms with Gasteiger partial charge < -0.3 is 4.90 Å². The second kappa shape index (κ2) is 7.12. The van der Waals surface area contributed by atoms with Crippen molar-refractivity contribution >= 4 is 22.5 Å². The zero-order chi connectivity index (χ0) is 17.1. The van der Waals surface area contributed by atoms with Gasteiger partial charge in [0.2, 0.25) is 0 Å². The van der Waals surface area contributed by atoms with E-state index in [2.05, 4.69) is 15.3 Å². The van der Waals surface area contributed by atoms with Gasteiger partial charge in [-0.3, -0.25) is 14.7 Å². The Labute approximate surface area is 144 Å². The molecule has 24 heavy (non-hydrogen) atoms. The Kier molecular flexibility index (Phi) is 4.94. The van der Waals surface area contributed by atoms with Crippen LogP contribution in [0.25, 0.3) is 0 Å². The Balaban J connectivity index is 1.53. The van der Waals surface area contributed by atoms with Crippen LogP contribution in [0, 0.1) is 19.8 Å². The fourth-order valence-corrected chi connectivity index (χ4v) is 3.52. The van der Waals surface area contributed by atoms with Gasteiger partial charge in [-0.05, 0) is 32.6 Å². The van der Waals surface area contributed by atoms with Crippen LogP contribution in [0.15, 0.2) is 23.5 Å². The maximum atomic E-state index is 12.3. The van der Waals surface area contributed by atoms with Gasteiger partial charge in [-0.2, -0.15) is 0 Å². The number of nitrogens with zero attached hydrogens (tertiary/aromatic N) is 4. The third kappa shape index (κ3) is 3.81. The van der Waals surface area contributed by atoms with E-state index >= 15 is 0 Å². The molecule has 2 aromatic rings. The summed E-state index contributed by atoms with van der Waals surface area (Å²) < 4.78 is 1.67. The minimum Gasteiger partial charge on any atom is -0.324 e. The highest BCUT2D eigenvalue weighted by molar-refractivity contribution is 7.15. The maximum absolute atomic E-state index is 12.3. The summed E-state index contributed by atoms with van der Waals surface area (Å²) in [6.45, 7) is 5.78. The molecular weight excluding hydrogens is 326 g/mol. The molecule has 1 aliphatic heterocycles. The first-order chi connectivity index (χ1) is 11.5. The van der Waals surface area contributed by atoms with Crippen LogP contribution in [-0.4, -0.2) is 38.6 Å². The van der Waals surface area contributed by atoms with Crippen LogP contribution in [0.1, 0.15) is 23.3 Å². The van der Waals surface area contributed by atoms with Crippen molar-refractivity contribution in [3.05, 3.63) is 39.5 Å². The molecule has 0 unspecified atom stereocenters. The number of hydrogen-bond donors (Lipinski definition) is 1. The van der Waals surface area contributed by atoms with E-state index in [1.54, 1.807) is 30.2 Å². The van der Waals surface area contributed by atoms with Gasteiger partial charge in [-0.1, -0.05) is 0 Å². The molecule has 0 aromatic carbocycles. The number of aryl methyl sites for hydroxylation is 2. The molecule has 128 valence electrons. The van der Waals surface area contributed by atoms with Crippen LogP contribution in [0.5, 0.6) is 0 Å². The van der Waals surface area contributed by atoms with E-state index in [-0.39, 0.29) is 11.6 Å². The molecule has 0 bridgehead atoms. The molecule has 1 N–H and O–H groups in total. The molecule has 0 spiro atoms. The number of piperidine rings is 1. The first kappa shape index (κ1) is 16.6. The first-order valence-electron chi connectivity index (χ1n) is 8.02. The Hall–Kier alpha value is -2.22. The molecule has 2 aromatic heterocycles. The van der Waals surface area contributed by atoms with Crippen LogP contribution in [0.4, 0.5) is 9.93 Å². The zero-order valence-corrected chi connectivity index (χ0v) is 14.7. The molecule has 1 fully saturated rings. The topological polar surface area (TPSA) is 80.1 Å². The lowest BCUT2D eigenvalue weighted by atomic mass is 9.97. The molecule has 0 aliphatic carbocycles. The number of carbonyl (C=O) groups is 1. The number of aromatic nitrogens is 3. The largest absolute Gasteiger partial charge is 0.324 e. The number of urea groups is 1. The van der Waals surface area contributed by atoms with E-state index in [9.17, 15) is 9.59 Å². The molecule has 0 saturated carbocycles. The van der Waals surface area contributed by atoms with E-state index in [0.717, 1.165) is 17.7 Å². The Morgan fingerprint density at radius 2 is 2.08 bits per heavy atom. The average molecular weight is 347 g/mol. The second-order valence-corrected chi connectivity index (χ2v) is 7.41. The zero-order valence-electron chi connectivity index (χ0n) is 13.9. The van der Waals surface area contributed by atoms with Gasteiger partial charge in [0.05, 0.1) is 6.33 Å². The number of anilines is 1. The molecule has 3 rings (SSSR count). The number of rotatable bonds is 3. The normalized spacial score (nSPS) is 15.5. The van der Waals surface area contributed by atoms with E-state index < -0.39 is 0 Å². The van der Waals surface area contributed by atoms with Gasteiger partial charge in [-0.25, -0.2) is 14.8 Å². The van der Waals surface area contributed by atoms with Crippen LogP contribution >= 0.6 is 11.3 Å². The fourth-order valence-electron chi connectivity index (χ4n) is 2.87. The molecule has 0 radical (unpaired) electrons. The summed E-state index contributed by atoms with van der Waals surface area (Å²) in [5.74, 6) is 0.387. The van der Waals surface area contributed by atoms with Crippen LogP contribution in [0.3, 0.4) is 0 Å². The van der Waals surface area contributed by atoms with E-state index in [0.29, 0.717) is 36.2 Å². The molecule has 3 heterocycles. The van der Waals surface area contributed by atoms with Crippen molar-refractivity contribution in [2.24, 2.45) is 5.92 Å². The third-order valence-electron chi connectivity index (χ3n) is 4.26. The Morgan fingerprint density at radius 3 is 2.75 bits per heavy atom. The molecule has 8 heteroatoms. The van der Waals surface area contributed by atoms with Gasteiger partial charge in [0.1, 0.15) is 0 Å². The van der Waals surface area contributed by atoms with E-state index in [4.69, 9.17) is 0 Å². The summed E-state index contributed by atoms with van der Waals surface area (Å²) in [7, 11) is 0. The molecule has 2 amide bonds. The van der Waals surface area contributed by atoms with Crippen LogP contribution < -0.4 is 10.9 Å². The van der Waals surface area contributed by atoms with Crippen molar-refractivity contribution in [2.45, 2.75) is 33.2 Å². The quantitative estimate of drug-likeness (QED) is 0.923. The van der Waals surface area contributed by atoms with E-state index in [1.165, 1.54) is 11.3 Å². The van der Waals surface area contributed by atoms with Crippen molar-refractivity contribution in [1.82, 2.24) is 19.4 Å². The summed E-state index contributed by atoms with van der Waals surface area (Å²) in [6, 6.07) is -0.0998. The highest BCUT2D eigenvalue weighted by atomic mass is 32.1. The van der Waals surface area contributed by atoms with Gasteiger partial charge in [0.15, 0.2) is 5.13 Å². The predicted molar refractivity (Wildman–Crippen MR) is 93.4 cm³/mol. The van der Waals surface area contributed by atoms with Crippen molar-refractivity contribution < 1.29 is 4.79 Å². The lowest BCUT2D eigenvalue weighted by Crippen LogP contribution is -2.42. The van der Waals surface area contributed by atoms with Gasteiger partial charge in [0.25, 0.3) is 5.56 Å². The second-order valence-electron chi connectivity index (χ2n) is 6.17. The summed E-state index contributed by atoms with van der Waals surface area (Å²) in [5.41, 5.74) is 0.678. The van der Waals surface area contributed by atoms with Gasteiger partial charge in [0, 0.05) is 42.5 Å². The fraction of sp³-hybridized carbons (Fsp3) is 0.500. The summed E-state index contributed by atoms with van der Waals surface area (Å²) in [5, 5.41) is 3.48. The average Bonchev–Trinajstić information content (AvgIpc) is 2.97. The van der Waals surface area contributed by atoms with Crippen molar-refractivity contribution in [2.75, 3.05) is 18.4 Å². The lowest BCUT2D eigenvalue weighted by molar-refractivity contribution is 0.176. The van der Waals surface area contributed by atoms with Gasteiger partial charge >= 0.3 is 6.03 Å². The number of likely N-dealkylation sites (tertiary alicyclic amines) is 1. The highest BCUT2D eigenvalue weighted by Crippen LogP contribution is 2.21. The summed E-state index contributed by atoms with van der Waals surface area (Å²) in [6.07, 6.45) is 6.70. The number of hydrogen-bond acceptors (Lipinski definition) is 5. The summed E-state index contributed by atoms with van der Waals surface area (Å²) in [4.78, 5) is 35.4. The smallest absolute Gasteiger partial charge is 0.323 e. The number of nitrogens with one attached hydrogen (secondary N) is 1. The minimum absolute atomic E-state index is 0.0179. The van der Waals surface area contributed by atoms with Crippen molar-refractivity contribution in [3.8, 4) is 0 Å². The third-order valence-corrected chi connectivity index (χ3v) is 5.09. The van der Waals surface area contributed by atoms with E-state index in [1.807, 2.05) is 11.8 Å². The number of thiazole rings is 1. The number of carbonyl (C=O) groups excluding carboxylic acids is 1. The standard InChI is InChI=1S/C16H21N5O2S/c1-11-7-17-10-21(14(11)22)9-13-3-5-20(6-4-13)16(23)19-15-18-8-12(2)24-15/h7-8,10,13H,3-6,9H2,1-2H3,(H,18,19,23). The monoisotopic (exact) mass is 347 g/mol. The molecular formula is C16H21N5O2S. The molecule has 1 aliphatic rings. The molecule has 1 saturated heterocycles. The predicted octanol–water partition coefficient (Wildman–Crippen LogP) is 2.26. The Morgan fingerprint density at radius 1 is 1.33 bits per heavy atom. The highest BCUT2D eigenvalue weighted by Gasteiger charge is 2.24. The first-order valence-corrected chi connectivity index (χ1v) is 8.84. The minimum atomic E-state index is -0.0998. The Bertz CT molecular complexity index is 777. The lowest BCUT2D eigenvalue weighted by Gasteiger charge is -2.31. The van der Waals surface area contributed by atoms with Gasteiger partial charge in [-0.15, -0.1) is 11.3 Å². The molecule has 7 nitrogen and oxygen atoms in total. The number of amides is 2. The maximum Gasteiger partial charge on any atom is 0.323 e. The van der Waals surface area contributed by atoms with Crippen LogP contribution in [-0.2, 0) is 6.54 Å². The SMILES string of the molecule is Cc1cnc(NC(=O)N2CCC(Cn3cncc(C)c3=O)CC2)s1.